The molecule has 1 amide bonds. The molecule has 1 aliphatic heterocycles. The van der Waals surface area contributed by atoms with Crippen molar-refractivity contribution >= 4 is 5.91 Å². The Bertz CT molecular complexity index is 732. The molecule has 1 saturated heterocycles. The minimum absolute atomic E-state index is 0.106. The molecule has 0 radical (unpaired) electrons. The van der Waals surface area contributed by atoms with Crippen molar-refractivity contribution in [2.75, 3.05) is 6.54 Å². The van der Waals surface area contributed by atoms with Crippen molar-refractivity contribution in [3.8, 4) is 0 Å². The van der Waals surface area contributed by atoms with Crippen LogP contribution in [0, 0.1) is 11.6 Å². The largest absolute Gasteiger partial charge is 0.337 e. The fourth-order valence-electron chi connectivity index (χ4n) is 2.59. The van der Waals surface area contributed by atoms with Crippen LogP contribution in [0.15, 0.2) is 16.8 Å². The highest BCUT2D eigenvalue weighted by atomic mass is 19.1. The van der Waals surface area contributed by atoms with Crippen molar-refractivity contribution < 1.29 is 18.1 Å². The van der Waals surface area contributed by atoms with Crippen LogP contribution in [-0.2, 0) is 0 Å². The number of aromatic nitrogens is 3. The van der Waals surface area contributed by atoms with Gasteiger partial charge in [-0.15, -0.1) is 0 Å². The van der Waals surface area contributed by atoms with Gasteiger partial charge >= 0.3 is 0 Å². The Hall–Kier alpha value is -2.38. The van der Waals surface area contributed by atoms with Gasteiger partial charge in [-0.25, -0.2) is 13.8 Å². The van der Waals surface area contributed by atoms with Crippen LogP contribution in [0.1, 0.15) is 60.9 Å². The highest BCUT2D eigenvalue weighted by Crippen LogP contribution is 2.32. The minimum Gasteiger partial charge on any atom is -0.337 e. The van der Waals surface area contributed by atoms with Gasteiger partial charge in [-0.3, -0.25) is 4.79 Å². The SMILES string of the molecule is CC(C)c1noc(C2CCCN2C(=O)c2ncc(F)cc2F)n1. The third-order valence-electron chi connectivity index (χ3n) is 3.78. The van der Waals surface area contributed by atoms with E-state index < -0.39 is 29.3 Å². The van der Waals surface area contributed by atoms with Gasteiger partial charge < -0.3 is 9.42 Å². The second kappa shape index (κ2) is 6.02. The average molecular weight is 322 g/mol. The van der Waals surface area contributed by atoms with E-state index in [-0.39, 0.29) is 5.92 Å². The Labute approximate surface area is 131 Å². The zero-order valence-electron chi connectivity index (χ0n) is 12.8. The first kappa shape index (κ1) is 15.5. The number of carbonyl (C=O) groups excluding carboxylic acids is 1. The summed E-state index contributed by atoms with van der Waals surface area (Å²) >= 11 is 0. The molecule has 3 heterocycles. The number of halogens is 2. The molecule has 3 rings (SSSR count). The molecular formula is C15H16F2N4O2. The molecule has 0 aliphatic carbocycles. The summed E-state index contributed by atoms with van der Waals surface area (Å²) in [4.78, 5) is 21.8. The number of rotatable bonds is 3. The van der Waals surface area contributed by atoms with E-state index in [0.29, 0.717) is 30.7 Å². The third kappa shape index (κ3) is 2.93. The molecule has 1 atom stereocenters. The van der Waals surface area contributed by atoms with Crippen molar-refractivity contribution in [2.24, 2.45) is 0 Å². The van der Waals surface area contributed by atoms with Gasteiger partial charge in [0.15, 0.2) is 17.3 Å². The lowest BCUT2D eigenvalue weighted by molar-refractivity contribution is 0.0698. The Balaban J connectivity index is 1.87. The van der Waals surface area contributed by atoms with Gasteiger partial charge in [0, 0.05) is 18.5 Å². The molecule has 0 saturated carbocycles. The monoisotopic (exact) mass is 322 g/mol. The first-order valence-electron chi connectivity index (χ1n) is 7.43. The maximum atomic E-state index is 13.8. The van der Waals surface area contributed by atoms with Crippen LogP contribution in [0.4, 0.5) is 8.78 Å². The van der Waals surface area contributed by atoms with Crippen LogP contribution in [-0.4, -0.2) is 32.5 Å². The Morgan fingerprint density at radius 3 is 2.87 bits per heavy atom. The van der Waals surface area contributed by atoms with E-state index in [1.54, 1.807) is 0 Å². The first-order valence-corrected chi connectivity index (χ1v) is 7.43. The van der Waals surface area contributed by atoms with Gasteiger partial charge in [0.1, 0.15) is 11.9 Å². The van der Waals surface area contributed by atoms with E-state index in [9.17, 15) is 13.6 Å². The summed E-state index contributed by atoms with van der Waals surface area (Å²) < 4.78 is 32.0. The topological polar surface area (TPSA) is 72.1 Å². The number of carbonyl (C=O) groups is 1. The molecule has 1 aliphatic rings. The molecule has 6 nitrogen and oxygen atoms in total. The second-order valence-corrected chi connectivity index (χ2v) is 5.79. The van der Waals surface area contributed by atoms with E-state index in [0.717, 1.165) is 12.6 Å². The fraction of sp³-hybridized carbons (Fsp3) is 0.467. The fourth-order valence-corrected chi connectivity index (χ4v) is 2.59. The predicted octanol–water partition coefficient (Wildman–Crippen LogP) is 2.84. The lowest BCUT2D eigenvalue weighted by Gasteiger charge is -2.21. The van der Waals surface area contributed by atoms with E-state index in [4.69, 9.17) is 4.52 Å². The molecule has 0 spiro atoms. The molecule has 1 fully saturated rings. The molecule has 2 aromatic heterocycles. The summed E-state index contributed by atoms with van der Waals surface area (Å²) in [5.74, 6) is -1.40. The normalized spacial score (nSPS) is 18.0. The molecule has 122 valence electrons. The van der Waals surface area contributed by atoms with Crippen molar-refractivity contribution in [2.45, 2.75) is 38.6 Å². The zero-order valence-corrected chi connectivity index (χ0v) is 12.8. The van der Waals surface area contributed by atoms with Crippen LogP contribution < -0.4 is 0 Å². The van der Waals surface area contributed by atoms with Crippen LogP contribution in [0.2, 0.25) is 0 Å². The van der Waals surface area contributed by atoms with Gasteiger partial charge in [-0.05, 0) is 12.8 Å². The molecule has 0 bridgehead atoms. The lowest BCUT2D eigenvalue weighted by Crippen LogP contribution is -2.32. The van der Waals surface area contributed by atoms with Gasteiger partial charge in [-0.2, -0.15) is 4.98 Å². The Morgan fingerprint density at radius 2 is 2.22 bits per heavy atom. The van der Waals surface area contributed by atoms with Crippen molar-refractivity contribution in [3.63, 3.8) is 0 Å². The number of likely N-dealkylation sites (tertiary alicyclic amines) is 1. The highest BCUT2D eigenvalue weighted by molar-refractivity contribution is 5.93. The summed E-state index contributed by atoms with van der Waals surface area (Å²) in [6.07, 6.45) is 2.21. The van der Waals surface area contributed by atoms with Crippen LogP contribution in [0.3, 0.4) is 0 Å². The van der Waals surface area contributed by atoms with E-state index in [2.05, 4.69) is 15.1 Å². The lowest BCUT2D eigenvalue weighted by atomic mass is 10.2. The van der Waals surface area contributed by atoms with E-state index in [1.165, 1.54) is 4.90 Å². The summed E-state index contributed by atoms with van der Waals surface area (Å²) in [6, 6.07) is 0.239. The summed E-state index contributed by atoms with van der Waals surface area (Å²) in [6.45, 7) is 4.30. The van der Waals surface area contributed by atoms with Gasteiger partial charge in [0.25, 0.3) is 5.91 Å². The maximum Gasteiger partial charge on any atom is 0.276 e. The van der Waals surface area contributed by atoms with E-state index >= 15 is 0 Å². The highest BCUT2D eigenvalue weighted by Gasteiger charge is 2.36. The molecule has 2 aromatic rings. The standard InChI is InChI=1S/C15H16F2N4O2/c1-8(2)13-19-14(23-20-13)11-4-3-5-21(11)15(22)12-10(17)6-9(16)7-18-12/h6-8,11H,3-5H2,1-2H3. The summed E-state index contributed by atoms with van der Waals surface area (Å²) in [7, 11) is 0. The van der Waals surface area contributed by atoms with Gasteiger partial charge in [-0.1, -0.05) is 19.0 Å². The second-order valence-electron chi connectivity index (χ2n) is 5.79. The molecular weight excluding hydrogens is 306 g/mol. The van der Waals surface area contributed by atoms with Gasteiger partial charge in [0.05, 0.1) is 6.20 Å². The number of amides is 1. The van der Waals surface area contributed by atoms with Gasteiger partial charge in [0.2, 0.25) is 5.89 Å². The van der Waals surface area contributed by atoms with Crippen molar-refractivity contribution in [3.05, 3.63) is 41.3 Å². The molecule has 1 unspecified atom stereocenters. The van der Waals surface area contributed by atoms with Crippen LogP contribution in [0.25, 0.3) is 0 Å². The van der Waals surface area contributed by atoms with E-state index in [1.807, 2.05) is 13.8 Å². The van der Waals surface area contributed by atoms with Crippen molar-refractivity contribution in [1.29, 1.82) is 0 Å². The quantitative estimate of drug-likeness (QED) is 0.869. The third-order valence-corrected chi connectivity index (χ3v) is 3.78. The predicted molar refractivity (Wildman–Crippen MR) is 75.6 cm³/mol. The van der Waals surface area contributed by atoms with Crippen LogP contribution >= 0.6 is 0 Å². The maximum absolute atomic E-state index is 13.8. The Kier molecular flexibility index (Phi) is 4.06. The number of nitrogens with zero attached hydrogens (tertiary/aromatic N) is 4. The number of pyridine rings is 1. The molecule has 0 N–H and O–H groups in total. The number of hydrogen-bond acceptors (Lipinski definition) is 5. The minimum atomic E-state index is -0.978. The molecule has 8 heteroatoms. The Morgan fingerprint density at radius 1 is 1.43 bits per heavy atom. The summed E-state index contributed by atoms with van der Waals surface area (Å²) in [5, 5.41) is 3.89. The molecule has 0 aromatic carbocycles. The summed E-state index contributed by atoms with van der Waals surface area (Å²) in [5.41, 5.74) is -0.401. The first-order chi connectivity index (χ1) is 11.0. The number of hydrogen-bond donors (Lipinski definition) is 0. The zero-order chi connectivity index (χ0) is 16.6. The van der Waals surface area contributed by atoms with Crippen LogP contribution in [0.5, 0.6) is 0 Å². The molecule has 23 heavy (non-hydrogen) atoms. The smallest absolute Gasteiger partial charge is 0.276 e. The average Bonchev–Trinajstić information content (AvgIpc) is 3.15. The van der Waals surface area contributed by atoms with Crippen molar-refractivity contribution in [1.82, 2.24) is 20.0 Å².